The first-order valence-corrected chi connectivity index (χ1v) is 9.51. The molecule has 0 atom stereocenters. The van der Waals surface area contributed by atoms with Crippen LogP contribution in [0.1, 0.15) is 10.4 Å². The second kappa shape index (κ2) is 9.31. The van der Waals surface area contributed by atoms with Gasteiger partial charge in [0.25, 0.3) is 5.91 Å². The molecule has 0 bridgehead atoms. The minimum absolute atomic E-state index is 0.106. The van der Waals surface area contributed by atoms with Crippen LogP contribution in [0.15, 0.2) is 42.7 Å². The molecule has 0 aliphatic heterocycles. The summed E-state index contributed by atoms with van der Waals surface area (Å²) in [5, 5.41) is 15.2. The molecule has 0 aliphatic carbocycles. The van der Waals surface area contributed by atoms with Crippen molar-refractivity contribution in [2.24, 2.45) is 0 Å². The number of carbonyl (C=O) groups excluding carboxylic acids is 1. The molecule has 1 amide bonds. The Hall–Kier alpha value is -2.85. The molecule has 1 aromatic heterocycles. The summed E-state index contributed by atoms with van der Waals surface area (Å²) in [7, 11) is 0. The molecule has 1 heterocycles. The molecule has 3 rings (SSSR count). The SMILES string of the molecule is O=C(NNc1ncnc(Nc2cccc(Cl)c2Cl)c1[N+](=O)[O-])c1ccc(Cl)cc1Cl. The summed E-state index contributed by atoms with van der Waals surface area (Å²) in [4.78, 5) is 30.9. The first kappa shape index (κ1) is 21.8. The van der Waals surface area contributed by atoms with Crippen LogP contribution >= 0.6 is 46.4 Å². The molecule has 0 aliphatic rings. The Labute approximate surface area is 189 Å². The molecule has 9 nitrogen and oxygen atoms in total. The number of carbonyl (C=O) groups is 1. The van der Waals surface area contributed by atoms with Crippen LogP contribution in [0.4, 0.5) is 23.0 Å². The molecule has 2 aromatic carbocycles. The third-order valence-corrected chi connectivity index (χ3v) is 5.05. The summed E-state index contributed by atoms with van der Waals surface area (Å²) in [6.07, 6.45) is 1.07. The van der Waals surface area contributed by atoms with Crippen molar-refractivity contribution < 1.29 is 9.72 Å². The number of anilines is 3. The first-order chi connectivity index (χ1) is 14.3. The number of aromatic nitrogens is 2. The van der Waals surface area contributed by atoms with E-state index < -0.39 is 16.5 Å². The topological polar surface area (TPSA) is 122 Å². The molecule has 0 radical (unpaired) electrons. The Balaban J connectivity index is 1.86. The van der Waals surface area contributed by atoms with Crippen LogP contribution in [-0.2, 0) is 0 Å². The van der Waals surface area contributed by atoms with Crippen LogP contribution in [0.3, 0.4) is 0 Å². The van der Waals surface area contributed by atoms with Crippen molar-refractivity contribution in [1.29, 1.82) is 0 Å². The zero-order valence-electron chi connectivity index (χ0n) is 14.6. The van der Waals surface area contributed by atoms with Crippen LogP contribution < -0.4 is 16.2 Å². The van der Waals surface area contributed by atoms with Gasteiger partial charge >= 0.3 is 5.69 Å². The lowest BCUT2D eigenvalue weighted by Crippen LogP contribution is -2.30. The fraction of sp³-hybridized carbons (Fsp3) is 0. The zero-order valence-corrected chi connectivity index (χ0v) is 17.6. The number of nitrogens with one attached hydrogen (secondary N) is 3. The Morgan fingerprint density at radius 1 is 1.00 bits per heavy atom. The highest BCUT2D eigenvalue weighted by atomic mass is 35.5. The quantitative estimate of drug-likeness (QED) is 0.310. The number of hydrogen-bond donors (Lipinski definition) is 3. The maximum absolute atomic E-state index is 12.3. The van der Waals surface area contributed by atoms with Gasteiger partial charge in [0, 0.05) is 5.02 Å². The summed E-state index contributed by atoms with van der Waals surface area (Å²) in [6, 6.07) is 9.02. The van der Waals surface area contributed by atoms with E-state index in [2.05, 4.69) is 26.1 Å². The summed E-state index contributed by atoms with van der Waals surface area (Å²) < 4.78 is 0. The Kier molecular flexibility index (Phi) is 6.78. The zero-order chi connectivity index (χ0) is 21.8. The van der Waals surface area contributed by atoms with Crippen LogP contribution in [0.2, 0.25) is 20.1 Å². The van der Waals surface area contributed by atoms with Crippen LogP contribution in [0.25, 0.3) is 0 Å². The largest absolute Gasteiger partial charge is 0.355 e. The Morgan fingerprint density at radius 3 is 2.43 bits per heavy atom. The van der Waals surface area contributed by atoms with E-state index in [1.165, 1.54) is 18.2 Å². The van der Waals surface area contributed by atoms with Gasteiger partial charge in [0.2, 0.25) is 11.6 Å². The highest BCUT2D eigenvalue weighted by molar-refractivity contribution is 6.43. The van der Waals surface area contributed by atoms with Gasteiger partial charge in [0.15, 0.2) is 0 Å². The monoisotopic (exact) mass is 486 g/mol. The number of halogens is 4. The summed E-state index contributed by atoms with van der Waals surface area (Å²) in [5.41, 5.74) is 4.57. The molecular formula is C17H10Cl4N6O3. The van der Waals surface area contributed by atoms with Gasteiger partial charge in [-0.05, 0) is 30.3 Å². The minimum Gasteiger partial charge on any atom is -0.333 e. The van der Waals surface area contributed by atoms with Gasteiger partial charge in [-0.25, -0.2) is 9.97 Å². The van der Waals surface area contributed by atoms with Crippen molar-refractivity contribution in [2.75, 3.05) is 10.7 Å². The molecule has 0 spiro atoms. The summed E-state index contributed by atoms with van der Waals surface area (Å²) >= 11 is 23.9. The molecular weight excluding hydrogens is 478 g/mol. The number of benzene rings is 2. The number of rotatable bonds is 6. The van der Waals surface area contributed by atoms with E-state index in [9.17, 15) is 14.9 Å². The third kappa shape index (κ3) is 4.82. The Morgan fingerprint density at radius 2 is 1.73 bits per heavy atom. The second-order valence-corrected chi connectivity index (χ2v) is 7.24. The summed E-state index contributed by atoms with van der Waals surface area (Å²) in [6.45, 7) is 0. The summed E-state index contributed by atoms with van der Waals surface area (Å²) in [5.74, 6) is -1.09. The maximum Gasteiger partial charge on any atom is 0.355 e. The van der Waals surface area contributed by atoms with Gasteiger partial charge in [0.05, 0.1) is 31.2 Å². The van der Waals surface area contributed by atoms with Crippen LogP contribution in [-0.4, -0.2) is 20.8 Å². The molecule has 0 saturated carbocycles. The number of nitrogens with zero attached hydrogens (tertiary/aromatic N) is 3. The van der Waals surface area contributed by atoms with E-state index in [1.807, 2.05) is 0 Å². The fourth-order valence-electron chi connectivity index (χ4n) is 2.32. The fourth-order valence-corrected chi connectivity index (χ4v) is 3.16. The molecule has 0 unspecified atom stereocenters. The lowest BCUT2D eigenvalue weighted by atomic mass is 10.2. The van der Waals surface area contributed by atoms with Gasteiger partial charge in [-0.2, -0.15) is 0 Å². The van der Waals surface area contributed by atoms with E-state index in [1.54, 1.807) is 18.2 Å². The van der Waals surface area contributed by atoms with Gasteiger partial charge in [0.1, 0.15) is 6.33 Å². The standard InChI is InChI=1S/C17H10Cl4N6O3/c18-8-4-5-9(11(20)6-8)17(28)26-25-16-14(27(29)30)15(22-7-23-16)24-12-3-1-2-10(19)13(12)21/h1-7H,(H,26,28)(H2,22,23,24,25). The van der Waals surface area contributed by atoms with E-state index in [4.69, 9.17) is 46.4 Å². The predicted molar refractivity (Wildman–Crippen MR) is 116 cm³/mol. The molecule has 3 N–H and O–H groups in total. The van der Waals surface area contributed by atoms with Crippen molar-refractivity contribution in [3.63, 3.8) is 0 Å². The number of hydrazine groups is 1. The third-order valence-electron chi connectivity index (χ3n) is 3.68. The number of hydrogen-bond acceptors (Lipinski definition) is 7. The highest BCUT2D eigenvalue weighted by Crippen LogP contribution is 2.35. The molecule has 0 saturated heterocycles. The first-order valence-electron chi connectivity index (χ1n) is 7.99. The van der Waals surface area contributed by atoms with Crippen molar-refractivity contribution >= 4 is 75.3 Å². The Bertz CT molecular complexity index is 1140. The van der Waals surface area contributed by atoms with Gasteiger partial charge in [-0.1, -0.05) is 52.5 Å². The minimum atomic E-state index is -0.718. The second-order valence-electron chi connectivity index (χ2n) is 5.61. The van der Waals surface area contributed by atoms with Crippen molar-refractivity contribution in [3.8, 4) is 0 Å². The van der Waals surface area contributed by atoms with Crippen LogP contribution in [0.5, 0.6) is 0 Å². The normalized spacial score (nSPS) is 10.4. The van der Waals surface area contributed by atoms with Crippen molar-refractivity contribution in [1.82, 2.24) is 15.4 Å². The maximum atomic E-state index is 12.3. The average molecular weight is 488 g/mol. The van der Waals surface area contributed by atoms with Gasteiger partial charge < -0.3 is 5.32 Å². The van der Waals surface area contributed by atoms with Crippen molar-refractivity contribution in [3.05, 3.63) is 78.5 Å². The van der Waals surface area contributed by atoms with E-state index in [0.717, 1.165) is 6.33 Å². The van der Waals surface area contributed by atoms with E-state index >= 15 is 0 Å². The molecule has 3 aromatic rings. The van der Waals surface area contributed by atoms with Gasteiger partial charge in [-0.15, -0.1) is 0 Å². The smallest absolute Gasteiger partial charge is 0.333 e. The molecule has 13 heteroatoms. The molecule has 30 heavy (non-hydrogen) atoms. The van der Waals surface area contributed by atoms with E-state index in [0.29, 0.717) is 10.7 Å². The number of nitro groups is 1. The number of amides is 1. The predicted octanol–water partition coefficient (Wildman–Crippen LogP) is 5.50. The van der Waals surface area contributed by atoms with E-state index in [-0.39, 0.29) is 32.3 Å². The van der Waals surface area contributed by atoms with Crippen molar-refractivity contribution in [2.45, 2.75) is 0 Å². The molecule has 154 valence electrons. The van der Waals surface area contributed by atoms with Crippen LogP contribution in [0, 0.1) is 10.1 Å². The average Bonchev–Trinajstić information content (AvgIpc) is 2.69. The molecule has 0 fully saturated rings. The highest BCUT2D eigenvalue weighted by Gasteiger charge is 2.24. The van der Waals surface area contributed by atoms with Gasteiger partial charge in [-0.3, -0.25) is 25.8 Å². The lowest BCUT2D eigenvalue weighted by molar-refractivity contribution is -0.383. The lowest BCUT2D eigenvalue weighted by Gasteiger charge is -2.12.